The van der Waals surface area contributed by atoms with Gasteiger partial charge in [-0.3, -0.25) is 0 Å². The van der Waals surface area contributed by atoms with Crippen LogP contribution in [-0.2, 0) is 9.96 Å². The smallest absolute Gasteiger partial charge is 0.191 e. The van der Waals surface area contributed by atoms with Crippen LogP contribution in [0.15, 0.2) is 110 Å². The van der Waals surface area contributed by atoms with Crippen molar-refractivity contribution < 1.29 is 4.43 Å². The number of rotatable bonds is 9. The van der Waals surface area contributed by atoms with Crippen molar-refractivity contribution in [1.29, 1.82) is 0 Å². The Labute approximate surface area is 217 Å². The second-order valence-corrected chi connectivity index (χ2v) is 15.6. The van der Waals surface area contributed by atoms with Crippen molar-refractivity contribution in [2.45, 2.75) is 50.9 Å². The van der Waals surface area contributed by atoms with Gasteiger partial charge in [0, 0.05) is 12.8 Å². The summed E-state index contributed by atoms with van der Waals surface area (Å²) in [6.45, 7) is 12.2. The predicted octanol–water partition coefficient (Wildman–Crippen LogP) is 8.15. The van der Waals surface area contributed by atoms with Crippen molar-refractivity contribution in [3.05, 3.63) is 132 Å². The van der Waals surface area contributed by atoms with Gasteiger partial charge in [-0.1, -0.05) is 118 Å². The highest BCUT2D eigenvalue weighted by Gasteiger charge is 2.38. The molecule has 4 rings (SSSR count). The third kappa shape index (κ3) is 5.30. The molecule has 36 heavy (non-hydrogen) atoms. The first kappa shape index (κ1) is 25.9. The molecule has 186 valence electrons. The molecule has 0 saturated carbocycles. The highest BCUT2D eigenvalue weighted by molar-refractivity contribution is 6.74. The Morgan fingerprint density at radius 1 is 0.778 bits per heavy atom. The number of imidazole rings is 1. The molecule has 0 N–H and O–H groups in total. The lowest BCUT2D eigenvalue weighted by Gasteiger charge is -2.37. The average Bonchev–Trinajstić information content (AvgIpc) is 3.35. The van der Waals surface area contributed by atoms with E-state index in [4.69, 9.17) is 9.41 Å². The van der Waals surface area contributed by atoms with Crippen molar-refractivity contribution in [2.75, 3.05) is 6.61 Å². The van der Waals surface area contributed by atoms with Crippen LogP contribution in [0.25, 0.3) is 6.08 Å². The second kappa shape index (κ2) is 10.8. The van der Waals surface area contributed by atoms with Gasteiger partial charge in [-0.05, 0) is 47.3 Å². The lowest BCUT2D eigenvalue weighted by atomic mass is 9.77. The third-order valence-corrected chi connectivity index (χ3v) is 11.9. The van der Waals surface area contributed by atoms with Crippen LogP contribution in [0.1, 0.15) is 49.6 Å². The van der Waals surface area contributed by atoms with E-state index in [0.717, 1.165) is 18.7 Å². The van der Waals surface area contributed by atoms with Gasteiger partial charge in [0.1, 0.15) is 5.54 Å². The Hall–Kier alpha value is -3.21. The first-order valence-electron chi connectivity index (χ1n) is 12.8. The molecule has 0 radical (unpaired) electrons. The largest absolute Gasteiger partial charge is 0.417 e. The van der Waals surface area contributed by atoms with Gasteiger partial charge >= 0.3 is 0 Å². The number of hydrogen-bond donors (Lipinski definition) is 0. The molecule has 1 aromatic heterocycles. The fourth-order valence-corrected chi connectivity index (χ4v) is 5.46. The second-order valence-electron chi connectivity index (χ2n) is 10.8. The maximum atomic E-state index is 6.33. The predicted molar refractivity (Wildman–Crippen MR) is 154 cm³/mol. The highest BCUT2D eigenvalue weighted by atomic mass is 28.4. The van der Waals surface area contributed by atoms with Crippen LogP contribution in [0.5, 0.6) is 0 Å². The van der Waals surface area contributed by atoms with Gasteiger partial charge in [-0.2, -0.15) is 0 Å². The van der Waals surface area contributed by atoms with Crippen LogP contribution in [0, 0.1) is 0 Å². The molecule has 0 atom stereocenters. The molecule has 4 heteroatoms. The van der Waals surface area contributed by atoms with E-state index in [-0.39, 0.29) is 5.04 Å². The van der Waals surface area contributed by atoms with E-state index >= 15 is 0 Å². The summed E-state index contributed by atoms with van der Waals surface area (Å²) >= 11 is 0. The fraction of sp³-hybridized carbons (Fsp3) is 0.281. The van der Waals surface area contributed by atoms with Crippen LogP contribution in [0.2, 0.25) is 18.1 Å². The SMILES string of the molecule is CC(C)(C)[Si](C)(C)OCC/C=C/c1cn(C(c2ccccc2)(c2ccccc2)c2ccccc2)cn1. The van der Waals surface area contributed by atoms with Crippen LogP contribution < -0.4 is 0 Å². The van der Waals surface area contributed by atoms with Gasteiger partial charge in [0.2, 0.25) is 0 Å². The molecule has 0 fully saturated rings. The van der Waals surface area contributed by atoms with E-state index in [0.29, 0.717) is 0 Å². The molecule has 3 nitrogen and oxygen atoms in total. The quantitative estimate of drug-likeness (QED) is 0.133. The van der Waals surface area contributed by atoms with Crippen molar-refractivity contribution in [1.82, 2.24) is 9.55 Å². The minimum absolute atomic E-state index is 0.227. The van der Waals surface area contributed by atoms with Crippen LogP contribution in [-0.4, -0.2) is 24.5 Å². The van der Waals surface area contributed by atoms with Gasteiger partial charge in [-0.25, -0.2) is 4.98 Å². The van der Waals surface area contributed by atoms with Crippen molar-refractivity contribution >= 4 is 14.4 Å². The molecular weight excluding hydrogens is 456 g/mol. The molecular formula is C32H38N2OSi. The lowest BCUT2D eigenvalue weighted by molar-refractivity contribution is 0.294. The van der Waals surface area contributed by atoms with Crippen molar-refractivity contribution in [3.63, 3.8) is 0 Å². The molecule has 0 spiro atoms. The number of aromatic nitrogens is 2. The molecule has 0 aliphatic heterocycles. The maximum absolute atomic E-state index is 6.33. The van der Waals surface area contributed by atoms with Gasteiger partial charge in [0.05, 0.1) is 12.0 Å². The summed E-state index contributed by atoms with van der Waals surface area (Å²) in [7, 11) is -1.72. The van der Waals surface area contributed by atoms with Gasteiger partial charge in [0.15, 0.2) is 8.32 Å². The summed E-state index contributed by atoms with van der Waals surface area (Å²) in [5.41, 5.74) is 3.98. The standard InChI is InChI=1S/C32H38N2OSi/c1-31(2,3)36(4,5)35-24-16-15-23-30-25-34(26-33-30)32(27-17-9-6-10-18-27,28-19-11-7-12-20-28)29-21-13-8-14-22-29/h6-15,17-23,25-26H,16,24H2,1-5H3/b23-15+. The Balaban J connectivity index is 1.68. The average molecular weight is 495 g/mol. The maximum Gasteiger partial charge on any atom is 0.191 e. The Bertz CT molecular complexity index is 1160. The van der Waals surface area contributed by atoms with E-state index in [2.05, 4.69) is 148 Å². The molecule has 3 aromatic carbocycles. The van der Waals surface area contributed by atoms with Crippen molar-refractivity contribution in [2.24, 2.45) is 0 Å². The minimum atomic E-state index is -1.72. The molecule has 0 unspecified atom stereocenters. The third-order valence-electron chi connectivity index (χ3n) is 7.41. The van der Waals surface area contributed by atoms with E-state index in [9.17, 15) is 0 Å². The minimum Gasteiger partial charge on any atom is -0.417 e. The number of hydrogen-bond acceptors (Lipinski definition) is 2. The van der Waals surface area contributed by atoms with Crippen LogP contribution in [0.4, 0.5) is 0 Å². The molecule has 0 bridgehead atoms. The zero-order valence-electron chi connectivity index (χ0n) is 22.2. The topological polar surface area (TPSA) is 27.1 Å². The van der Waals surface area contributed by atoms with Gasteiger partial charge < -0.3 is 8.99 Å². The molecule has 0 saturated heterocycles. The van der Waals surface area contributed by atoms with E-state index in [1.807, 2.05) is 6.33 Å². The summed E-state index contributed by atoms with van der Waals surface area (Å²) < 4.78 is 8.58. The lowest BCUT2D eigenvalue weighted by Crippen LogP contribution is -2.40. The van der Waals surface area contributed by atoms with E-state index in [1.165, 1.54) is 16.7 Å². The van der Waals surface area contributed by atoms with Crippen LogP contribution in [0.3, 0.4) is 0 Å². The van der Waals surface area contributed by atoms with Crippen LogP contribution >= 0.6 is 0 Å². The highest BCUT2D eigenvalue weighted by Crippen LogP contribution is 2.41. The van der Waals surface area contributed by atoms with E-state index in [1.54, 1.807) is 0 Å². The monoisotopic (exact) mass is 494 g/mol. The molecule has 0 aliphatic rings. The van der Waals surface area contributed by atoms with E-state index < -0.39 is 13.9 Å². The summed E-state index contributed by atoms with van der Waals surface area (Å²) in [6.07, 6.45) is 9.27. The Morgan fingerprint density at radius 3 is 1.69 bits per heavy atom. The summed E-state index contributed by atoms with van der Waals surface area (Å²) in [5, 5.41) is 0.227. The molecule has 0 aliphatic carbocycles. The number of nitrogens with zero attached hydrogens (tertiary/aromatic N) is 2. The summed E-state index contributed by atoms with van der Waals surface area (Å²) in [6, 6.07) is 32.1. The zero-order valence-corrected chi connectivity index (χ0v) is 23.2. The Kier molecular flexibility index (Phi) is 7.77. The number of benzene rings is 3. The first-order chi connectivity index (χ1) is 17.2. The molecule has 1 heterocycles. The zero-order chi connectivity index (χ0) is 25.7. The summed E-state index contributed by atoms with van der Waals surface area (Å²) in [4.78, 5) is 4.79. The first-order valence-corrected chi connectivity index (χ1v) is 15.7. The van der Waals surface area contributed by atoms with Crippen molar-refractivity contribution in [3.8, 4) is 0 Å². The fourth-order valence-electron chi connectivity index (χ4n) is 4.40. The Morgan fingerprint density at radius 2 is 1.25 bits per heavy atom. The molecule has 4 aromatic rings. The van der Waals surface area contributed by atoms with Gasteiger partial charge in [0.25, 0.3) is 0 Å². The molecule has 0 amide bonds. The normalized spacial score (nSPS) is 12.8. The summed E-state index contributed by atoms with van der Waals surface area (Å²) in [5.74, 6) is 0. The van der Waals surface area contributed by atoms with Gasteiger partial charge in [-0.15, -0.1) is 0 Å².